The molecule has 0 N–H and O–H groups in total. The molecule has 90 valence electrons. The van der Waals surface area contributed by atoms with E-state index in [0.29, 0.717) is 23.2 Å². The van der Waals surface area contributed by atoms with Gasteiger partial charge in [-0.1, -0.05) is 17.2 Å². The molecule has 0 saturated carbocycles. The quantitative estimate of drug-likeness (QED) is 0.358. The molecular weight excluding hydrogens is 232 g/mol. The average molecular weight is 242 g/mol. The summed E-state index contributed by atoms with van der Waals surface area (Å²) in [6.07, 6.45) is 0. The van der Waals surface area contributed by atoms with Crippen LogP contribution >= 0.6 is 0 Å². The summed E-state index contributed by atoms with van der Waals surface area (Å²) in [5.74, 6) is -0.464. The number of esters is 1. The molecule has 1 aromatic carbocycles. The third kappa shape index (κ3) is 2.23. The minimum Gasteiger partial charge on any atom is -0.461 e. The maximum atomic E-state index is 11.5. The summed E-state index contributed by atoms with van der Waals surface area (Å²) >= 11 is 0. The third-order valence-corrected chi connectivity index (χ3v) is 2.35. The van der Waals surface area contributed by atoms with Crippen molar-refractivity contribution in [2.75, 3.05) is 6.61 Å². The first kappa shape index (κ1) is 11.9. The summed E-state index contributed by atoms with van der Waals surface area (Å²) in [5, 5.41) is 4.27. The van der Waals surface area contributed by atoms with E-state index >= 15 is 0 Å². The Morgan fingerprint density at radius 3 is 3.00 bits per heavy atom. The van der Waals surface area contributed by atoms with Crippen LogP contribution in [-0.2, 0) is 4.74 Å². The Morgan fingerprint density at radius 1 is 1.44 bits per heavy atom. The van der Waals surface area contributed by atoms with Crippen molar-refractivity contribution < 1.29 is 9.53 Å². The van der Waals surface area contributed by atoms with E-state index in [1.807, 2.05) is 0 Å². The minimum absolute atomic E-state index is 0.238. The van der Waals surface area contributed by atoms with E-state index in [0.717, 1.165) is 0 Å². The highest BCUT2D eigenvalue weighted by Crippen LogP contribution is 2.25. The van der Waals surface area contributed by atoms with Crippen LogP contribution in [0.1, 0.15) is 17.4 Å². The Morgan fingerprint density at radius 2 is 2.28 bits per heavy atom. The number of pyridine rings is 1. The number of nitrogens with zero attached hydrogens (tertiary/aromatic N) is 4. The van der Waals surface area contributed by atoms with Gasteiger partial charge in [0.2, 0.25) is 0 Å². The first-order valence-electron chi connectivity index (χ1n) is 5.38. The molecule has 18 heavy (non-hydrogen) atoms. The van der Waals surface area contributed by atoms with Crippen molar-refractivity contribution in [2.24, 2.45) is 5.11 Å². The van der Waals surface area contributed by atoms with Crippen LogP contribution in [0.5, 0.6) is 0 Å². The normalized spacial score (nSPS) is 9.83. The number of benzene rings is 1. The second kappa shape index (κ2) is 5.16. The van der Waals surface area contributed by atoms with Gasteiger partial charge in [-0.05, 0) is 30.7 Å². The molecule has 0 aliphatic heterocycles. The average Bonchev–Trinajstić information content (AvgIpc) is 2.39. The van der Waals surface area contributed by atoms with Crippen molar-refractivity contribution in [1.29, 1.82) is 0 Å². The van der Waals surface area contributed by atoms with Gasteiger partial charge in [-0.25, -0.2) is 9.78 Å². The van der Waals surface area contributed by atoms with E-state index in [1.54, 1.807) is 37.3 Å². The lowest BCUT2D eigenvalue weighted by atomic mass is 10.1. The zero-order chi connectivity index (χ0) is 13.0. The Labute approximate surface area is 103 Å². The molecule has 0 saturated heterocycles. The maximum Gasteiger partial charge on any atom is 0.356 e. The molecule has 1 aromatic heterocycles. The van der Waals surface area contributed by atoms with Gasteiger partial charge in [-0.3, -0.25) is 0 Å². The van der Waals surface area contributed by atoms with Crippen molar-refractivity contribution in [1.82, 2.24) is 4.98 Å². The van der Waals surface area contributed by atoms with Crippen LogP contribution in [0, 0.1) is 0 Å². The molecule has 0 amide bonds. The molecular formula is C12H10N4O2. The van der Waals surface area contributed by atoms with Gasteiger partial charge in [0.05, 0.1) is 12.1 Å². The number of carbonyl (C=O) groups excluding carboxylic acids is 1. The van der Waals surface area contributed by atoms with Crippen molar-refractivity contribution in [3.63, 3.8) is 0 Å². The van der Waals surface area contributed by atoms with Gasteiger partial charge in [-0.15, -0.1) is 0 Å². The zero-order valence-electron chi connectivity index (χ0n) is 9.70. The molecule has 2 rings (SSSR count). The molecule has 0 unspecified atom stereocenters. The fraction of sp³-hybridized carbons (Fsp3) is 0.167. The Bertz CT molecular complexity index is 648. The second-order valence-corrected chi connectivity index (χ2v) is 3.45. The fourth-order valence-corrected chi connectivity index (χ4v) is 1.59. The van der Waals surface area contributed by atoms with E-state index in [2.05, 4.69) is 15.0 Å². The Balaban J connectivity index is 2.53. The van der Waals surface area contributed by atoms with Crippen LogP contribution in [0.25, 0.3) is 21.3 Å². The van der Waals surface area contributed by atoms with Crippen LogP contribution in [0.2, 0.25) is 0 Å². The van der Waals surface area contributed by atoms with Crippen molar-refractivity contribution in [3.05, 3.63) is 46.5 Å². The third-order valence-electron chi connectivity index (χ3n) is 2.35. The highest BCUT2D eigenvalue weighted by molar-refractivity contribution is 5.94. The van der Waals surface area contributed by atoms with E-state index in [1.165, 1.54) is 0 Å². The van der Waals surface area contributed by atoms with Crippen molar-refractivity contribution in [3.8, 4) is 0 Å². The van der Waals surface area contributed by atoms with Gasteiger partial charge in [0, 0.05) is 16.0 Å². The van der Waals surface area contributed by atoms with Gasteiger partial charge in [0.15, 0.2) is 0 Å². The second-order valence-electron chi connectivity index (χ2n) is 3.45. The first-order valence-corrected chi connectivity index (χ1v) is 5.38. The van der Waals surface area contributed by atoms with Gasteiger partial charge < -0.3 is 4.74 Å². The standard InChI is InChI=1S/C12H10N4O2/c1-2-18-12(17)11-7-6-8-9(14-11)4-3-5-10(8)15-16-13/h3-7H,2H2,1H3. The first-order chi connectivity index (χ1) is 8.76. The van der Waals surface area contributed by atoms with E-state index < -0.39 is 5.97 Å². The maximum absolute atomic E-state index is 11.5. The molecule has 0 aliphatic rings. The van der Waals surface area contributed by atoms with Gasteiger partial charge >= 0.3 is 5.97 Å². The highest BCUT2D eigenvalue weighted by Gasteiger charge is 2.09. The summed E-state index contributed by atoms with van der Waals surface area (Å²) in [5.41, 5.74) is 9.77. The summed E-state index contributed by atoms with van der Waals surface area (Å²) < 4.78 is 4.87. The molecule has 0 spiro atoms. The van der Waals surface area contributed by atoms with Crippen LogP contribution in [-0.4, -0.2) is 17.6 Å². The van der Waals surface area contributed by atoms with Crippen LogP contribution in [0.15, 0.2) is 35.4 Å². The van der Waals surface area contributed by atoms with Crippen molar-refractivity contribution >= 4 is 22.6 Å². The number of aromatic nitrogens is 1. The van der Waals surface area contributed by atoms with Gasteiger partial charge in [0.25, 0.3) is 0 Å². The van der Waals surface area contributed by atoms with Crippen LogP contribution in [0.4, 0.5) is 5.69 Å². The molecule has 0 bridgehead atoms. The highest BCUT2D eigenvalue weighted by atomic mass is 16.5. The van der Waals surface area contributed by atoms with Crippen LogP contribution in [0.3, 0.4) is 0 Å². The monoisotopic (exact) mass is 242 g/mol. The number of fused-ring (bicyclic) bond motifs is 1. The molecule has 1 heterocycles. The van der Waals surface area contributed by atoms with Crippen molar-refractivity contribution in [2.45, 2.75) is 6.92 Å². The predicted octanol–water partition coefficient (Wildman–Crippen LogP) is 3.35. The van der Waals surface area contributed by atoms with E-state index in [9.17, 15) is 4.79 Å². The van der Waals surface area contributed by atoms with E-state index in [-0.39, 0.29) is 5.69 Å². The molecule has 0 fully saturated rings. The number of rotatable bonds is 3. The van der Waals surface area contributed by atoms with Gasteiger partial charge in [-0.2, -0.15) is 0 Å². The predicted molar refractivity (Wildman–Crippen MR) is 66.5 cm³/mol. The summed E-state index contributed by atoms with van der Waals surface area (Å²) in [4.78, 5) is 18.5. The minimum atomic E-state index is -0.464. The molecule has 0 aliphatic carbocycles. The van der Waals surface area contributed by atoms with Crippen LogP contribution < -0.4 is 0 Å². The fourth-order valence-electron chi connectivity index (χ4n) is 1.59. The zero-order valence-corrected chi connectivity index (χ0v) is 9.70. The summed E-state index contributed by atoms with van der Waals surface area (Å²) in [6, 6.07) is 8.39. The molecule has 6 heteroatoms. The summed E-state index contributed by atoms with van der Waals surface area (Å²) in [6.45, 7) is 2.04. The topological polar surface area (TPSA) is 88.0 Å². The lowest BCUT2D eigenvalue weighted by Crippen LogP contribution is -2.06. The smallest absolute Gasteiger partial charge is 0.356 e. The number of azide groups is 1. The molecule has 6 nitrogen and oxygen atoms in total. The Kier molecular flexibility index (Phi) is 3.41. The molecule has 0 radical (unpaired) electrons. The number of hydrogen-bond donors (Lipinski definition) is 0. The number of hydrogen-bond acceptors (Lipinski definition) is 4. The lowest BCUT2D eigenvalue weighted by Gasteiger charge is -2.04. The largest absolute Gasteiger partial charge is 0.461 e. The molecule has 0 atom stereocenters. The molecule has 2 aromatic rings. The Hall–Kier alpha value is -2.59. The van der Waals surface area contributed by atoms with E-state index in [4.69, 9.17) is 10.3 Å². The van der Waals surface area contributed by atoms with Gasteiger partial charge in [0.1, 0.15) is 5.69 Å². The SMILES string of the molecule is CCOC(=O)c1ccc2c(N=[N+]=[N-])cccc2n1. The number of ether oxygens (including phenoxy) is 1. The summed E-state index contributed by atoms with van der Waals surface area (Å²) in [7, 11) is 0. The lowest BCUT2D eigenvalue weighted by molar-refractivity contribution is 0.0520. The number of carbonyl (C=O) groups is 1.